The molecule has 0 saturated carbocycles. The molecule has 2 aromatic rings. The molecule has 0 aliphatic carbocycles. The van der Waals surface area contributed by atoms with Gasteiger partial charge in [0.1, 0.15) is 11.6 Å². The zero-order valence-corrected chi connectivity index (χ0v) is 9.88. The Morgan fingerprint density at radius 1 is 1.16 bits per heavy atom. The fourth-order valence-electron chi connectivity index (χ4n) is 1.46. The SMILES string of the molecule is O=C(N/N=C/c1c(O)cccc1F)c1ccccc1. The number of benzene rings is 2. The van der Waals surface area contributed by atoms with Gasteiger partial charge in [0.15, 0.2) is 0 Å². The maximum absolute atomic E-state index is 13.3. The molecule has 0 saturated heterocycles. The first-order chi connectivity index (χ1) is 9.18. The number of hydrogen-bond donors (Lipinski definition) is 2. The summed E-state index contributed by atoms with van der Waals surface area (Å²) in [5.74, 6) is -1.26. The molecule has 0 atom stereocenters. The maximum Gasteiger partial charge on any atom is 0.271 e. The van der Waals surface area contributed by atoms with Crippen LogP contribution in [0.2, 0.25) is 0 Å². The standard InChI is InChI=1S/C14H11FN2O2/c15-12-7-4-8-13(18)11(12)9-16-17-14(19)10-5-2-1-3-6-10/h1-9,18H,(H,17,19)/b16-9+. The van der Waals surface area contributed by atoms with Gasteiger partial charge in [-0.15, -0.1) is 0 Å². The molecule has 4 nitrogen and oxygen atoms in total. The second-order valence-electron chi connectivity index (χ2n) is 3.74. The van der Waals surface area contributed by atoms with Gasteiger partial charge in [-0.1, -0.05) is 24.3 Å². The number of hydrazone groups is 1. The highest BCUT2D eigenvalue weighted by Crippen LogP contribution is 2.17. The van der Waals surface area contributed by atoms with E-state index in [1.54, 1.807) is 30.3 Å². The summed E-state index contributed by atoms with van der Waals surface area (Å²) in [5.41, 5.74) is 2.62. The molecule has 0 heterocycles. The number of rotatable bonds is 3. The molecule has 5 heteroatoms. The Morgan fingerprint density at radius 2 is 1.89 bits per heavy atom. The molecule has 2 N–H and O–H groups in total. The predicted molar refractivity (Wildman–Crippen MR) is 69.6 cm³/mol. The highest BCUT2D eigenvalue weighted by Gasteiger charge is 2.05. The number of hydrogen-bond acceptors (Lipinski definition) is 3. The van der Waals surface area contributed by atoms with Crippen LogP contribution in [0.1, 0.15) is 15.9 Å². The summed E-state index contributed by atoms with van der Waals surface area (Å²) in [4.78, 5) is 11.6. The average Bonchev–Trinajstić information content (AvgIpc) is 2.43. The molecule has 0 fully saturated rings. The van der Waals surface area contributed by atoms with Crippen LogP contribution < -0.4 is 5.43 Å². The van der Waals surface area contributed by atoms with Crippen LogP contribution in [0.3, 0.4) is 0 Å². The van der Waals surface area contributed by atoms with E-state index in [2.05, 4.69) is 10.5 Å². The van der Waals surface area contributed by atoms with E-state index in [1.165, 1.54) is 18.2 Å². The summed E-state index contributed by atoms with van der Waals surface area (Å²) in [6.07, 6.45) is 1.06. The molecule has 0 unspecified atom stereocenters. The molecule has 0 aliphatic rings. The van der Waals surface area contributed by atoms with E-state index in [9.17, 15) is 14.3 Å². The van der Waals surface area contributed by atoms with Gasteiger partial charge in [0.05, 0.1) is 11.8 Å². The van der Waals surface area contributed by atoms with Gasteiger partial charge >= 0.3 is 0 Å². The summed E-state index contributed by atoms with van der Waals surface area (Å²) >= 11 is 0. The highest BCUT2D eigenvalue weighted by atomic mass is 19.1. The van der Waals surface area contributed by atoms with E-state index < -0.39 is 11.7 Å². The molecule has 96 valence electrons. The summed E-state index contributed by atoms with van der Waals surface area (Å²) in [6.45, 7) is 0. The van der Waals surface area contributed by atoms with Crippen LogP contribution in [0.15, 0.2) is 53.6 Å². The number of phenolic OH excluding ortho intramolecular Hbond substituents is 1. The monoisotopic (exact) mass is 258 g/mol. The van der Waals surface area contributed by atoms with Gasteiger partial charge in [0.25, 0.3) is 5.91 Å². The molecular formula is C14H11FN2O2. The minimum Gasteiger partial charge on any atom is -0.507 e. The van der Waals surface area contributed by atoms with Crippen LogP contribution >= 0.6 is 0 Å². The Hall–Kier alpha value is -2.69. The first kappa shape index (κ1) is 12.8. The Balaban J connectivity index is 2.07. The maximum atomic E-state index is 13.3. The third-order valence-electron chi connectivity index (χ3n) is 2.43. The normalized spacial score (nSPS) is 10.6. The Morgan fingerprint density at radius 3 is 2.58 bits per heavy atom. The quantitative estimate of drug-likeness (QED) is 0.655. The van der Waals surface area contributed by atoms with E-state index in [1.807, 2.05) is 0 Å². The highest BCUT2D eigenvalue weighted by molar-refractivity contribution is 5.95. The average molecular weight is 258 g/mol. The fraction of sp³-hybridized carbons (Fsp3) is 0. The third-order valence-corrected chi connectivity index (χ3v) is 2.43. The van der Waals surface area contributed by atoms with Crippen LogP contribution in [-0.2, 0) is 0 Å². The van der Waals surface area contributed by atoms with Gasteiger partial charge in [-0.05, 0) is 24.3 Å². The van der Waals surface area contributed by atoms with Gasteiger partial charge in [-0.25, -0.2) is 9.82 Å². The Labute approximate surface area is 109 Å². The van der Waals surface area contributed by atoms with E-state index in [0.29, 0.717) is 5.56 Å². The van der Waals surface area contributed by atoms with Gasteiger partial charge < -0.3 is 5.11 Å². The minimum atomic E-state index is -0.613. The van der Waals surface area contributed by atoms with Crippen LogP contribution in [0.4, 0.5) is 4.39 Å². The summed E-state index contributed by atoms with van der Waals surface area (Å²) in [6, 6.07) is 12.4. The smallest absolute Gasteiger partial charge is 0.271 e. The lowest BCUT2D eigenvalue weighted by Gasteiger charge is -2.01. The fourth-order valence-corrected chi connectivity index (χ4v) is 1.46. The van der Waals surface area contributed by atoms with E-state index in [0.717, 1.165) is 6.21 Å². The van der Waals surface area contributed by atoms with Crippen molar-refractivity contribution in [2.75, 3.05) is 0 Å². The van der Waals surface area contributed by atoms with E-state index in [4.69, 9.17) is 0 Å². The number of aromatic hydroxyl groups is 1. The van der Waals surface area contributed by atoms with Crippen molar-refractivity contribution in [1.82, 2.24) is 5.43 Å². The number of nitrogens with one attached hydrogen (secondary N) is 1. The topological polar surface area (TPSA) is 61.7 Å². The van der Waals surface area contributed by atoms with Crippen LogP contribution in [0, 0.1) is 5.82 Å². The molecule has 0 aromatic heterocycles. The number of carbonyl (C=O) groups is 1. The van der Waals surface area contributed by atoms with Gasteiger partial charge in [-0.3, -0.25) is 4.79 Å². The molecule has 2 rings (SSSR count). The number of phenols is 1. The molecule has 0 radical (unpaired) electrons. The number of halogens is 1. The Kier molecular flexibility index (Phi) is 3.87. The predicted octanol–water partition coefficient (Wildman–Crippen LogP) is 2.30. The minimum absolute atomic E-state index is 0.0733. The van der Waals surface area contributed by atoms with Crippen molar-refractivity contribution in [3.8, 4) is 5.75 Å². The number of carbonyl (C=O) groups excluding carboxylic acids is 1. The molecule has 0 spiro atoms. The lowest BCUT2D eigenvalue weighted by atomic mass is 10.2. The summed E-state index contributed by atoms with van der Waals surface area (Å²) < 4.78 is 13.3. The van der Waals surface area contributed by atoms with Crippen molar-refractivity contribution in [3.05, 3.63) is 65.5 Å². The van der Waals surface area contributed by atoms with Crippen molar-refractivity contribution < 1.29 is 14.3 Å². The molecule has 0 bridgehead atoms. The zero-order chi connectivity index (χ0) is 13.7. The lowest BCUT2D eigenvalue weighted by Crippen LogP contribution is -2.17. The molecule has 1 amide bonds. The van der Waals surface area contributed by atoms with Crippen molar-refractivity contribution in [2.24, 2.45) is 5.10 Å². The summed E-state index contributed by atoms with van der Waals surface area (Å²) in [5, 5.41) is 13.0. The molecule has 0 aliphatic heterocycles. The van der Waals surface area contributed by atoms with Gasteiger partial charge in [0, 0.05) is 5.56 Å². The molecule has 19 heavy (non-hydrogen) atoms. The van der Waals surface area contributed by atoms with Gasteiger partial charge in [-0.2, -0.15) is 5.10 Å². The first-order valence-corrected chi connectivity index (χ1v) is 5.54. The van der Waals surface area contributed by atoms with Crippen molar-refractivity contribution >= 4 is 12.1 Å². The van der Waals surface area contributed by atoms with Crippen LogP contribution in [0.5, 0.6) is 5.75 Å². The van der Waals surface area contributed by atoms with Gasteiger partial charge in [0.2, 0.25) is 0 Å². The lowest BCUT2D eigenvalue weighted by molar-refractivity contribution is 0.0955. The van der Waals surface area contributed by atoms with Crippen LogP contribution in [0.25, 0.3) is 0 Å². The number of amides is 1. The molecule has 2 aromatic carbocycles. The van der Waals surface area contributed by atoms with Crippen molar-refractivity contribution in [2.45, 2.75) is 0 Å². The first-order valence-electron chi connectivity index (χ1n) is 5.54. The second-order valence-corrected chi connectivity index (χ2v) is 3.74. The largest absolute Gasteiger partial charge is 0.507 e. The van der Waals surface area contributed by atoms with Crippen molar-refractivity contribution in [3.63, 3.8) is 0 Å². The van der Waals surface area contributed by atoms with E-state index >= 15 is 0 Å². The second kappa shape index (κ2) is 5.77. The molecular weight excluding hydrogens is 247 g/mol. The van der Waals surface area contributed by atoms with E-state index in [-0.39, 0.29) is 11.3 Å². The number of nitrogens with zero attached hydrogens (tertiary/aromatic N) is 1. The summed E-state index contributed by atoms with van der Waals surface area (Å²) in [7, 11) is 0. The van der Waals surface area contributed by atoms with Crippen LogP contribution in [-0.4, -0.2) is 17.2 Å². The van der Waals surface area contributed by atoms with Crippen molar-refractivity contribution in [1.29, 1.82) is 0 Å². The third kappa shape index (κ3) is 3.16. The Bertz CT molecular complexity index is 592. The zero-order valence-electron chi connectivity index (χ0n) is 9.88.